The van der Waals surface area contributed by atoms with E-state index in [1.165, 1.54) is 0 Å². The van der Waals surface area contributed by atoms with Gasteiger partial charge in [-0.05, 0) is 18.2 Å². The molecule has 2 heterocycles. The van der Waals surface area contributed by atoms with Crippen LogP contribution in [0.1, 0.15) is 0 Å². The van der Waals surface area contributed by atoms with E-state index in [2.05, 4.69) is 10.1 Å². The number of fused-ring (bicyclic) bond motifs is 1. The average molecular weight is 342 g/mol. The summed E-state index contributed by atoms with van der Waals surface area (Å²) < 4.78 is 1.84. The van der Waals surface area contributed by atoms with E-state index in [0.29, 0.717) is 28.2 Å². The van der Waals surface area contributed by atoms with E-state index in [1.807, 2.05) is 10.7 Å². The third-order valence-corrected chi connectivity index (χ3v) is 4.48. The van der Waals surface area contributed by atoms with E-state index < -0.39 is 0 Å². The minimum atomic E-state index is 0.321. The molecule has 21 heavy (non-hydrogen) atoms. The lowest BCUT2D eigenvalue weighted by molar-refractivity contribution is 0.648. The van der Waals surface area contributed by atoms with Gasteiger partial charge in [0, 0.05) is 29.9 Å². The number of pyridine rings is 1. The van der Waals surface area contributed by atoms with E-state index in [9.17, 15) is 0 Å². The summed E-state index contributed by atoms with van der Waals surface area (Å²) in [4.78, 5) is 4.16. The Morgan fingerprint density at radius 1 is 1.10 bits per heavy atom. The summed E-state index contributed by atoms with van der Waals surface area (Å²) >= 11 is 18.4. The molecule has 0 radical (unpaired) electrons. The molecule has 3 rings (SSSR count). The van der Waals surface area contributed by atoms with Gasteiger partial charge in [0.15, 0.2) is 0 Å². The van der Waals surface area contributed by atoms with Crippen molar-refractivity contribution in [2.24, 2.45) is 5.73 Å². The zero-order valence-electron chi connectivity index (χ0n) is 10.9. The van der Waals surface area contributed by atoms with Gasteiger partial charge in [-0.25, -0.2) is 0 Å². The molecule has 0 unspecified atom stereocenters. The zero-order valence-corrected chi connectivity index (χ0v) is 13.1. The summed E-state index contributed by atoms with van der Waals surface area (Å²) in [6, 6.07) is 5.40. The molecule has 7 heteroatoms. The van der Waals surface area contributed by atoms with Crippen molar-refractivity contribution in [3.05, 3.63) is 45.7 Å². The molecule has 0 fully saturated rings. The highest BCUT2D eigenvalue weighted by Crippen LogP contribution is 2.39. The van der Waals surface area contributed by atoms with Crippen molar-refractivity contribution in [1.29, 1.82) is 0 Å². The van der Waals surface area contributed by atoms with Crippen LogP contribution in [0.5, 0.6) is 0 Å². The molecule has 0 spiro atoms. The zero-order chi connectivity index (χ0) is 15.0. The fraction of sp³-hybridized carbons (Fsp3) is 0.143. The van der Waals surface area contributed by atoms with Crippen LogP contribution in [-0.2, 0) is 6.54 Å². The fourth-order valence-corrected chi connectivity index (χ4v) is 2.85. The third kappa shape index (κ3) is 2.49. The van der Waals surface area contributed by atoms with Gasteiger partial charge in [-0.2, -0.15) is 5.10 Å². The second-order valence-corrected chi connectivity index (χ2v) is 5.64. The summed E-state index contributed by atoms with van der Waals surface area (Å²) in [5.74, 6) is 0. The lowest BCUT2D eigenvalue weighted by atomic mass is 10.1. The van der Waals surface area contributed by atoms with Crippen molar-refractivity contribution in [2.45, 2.75) is 6.54 Å². The monoisotopic (exact) mass is 340 g/mol. The minimum Gasteiger partial charge on any atom is -0.329 e. The molecule has 2 aromatic heterocycles. The number of hydrogen-bond acceptors (Lipinski definition) is 3. The minimum absolute atomic E-state index is 0.321. The lowest BCUT2D eigenvalue weighted by Gasteiger charge is -2.05. The molecular weight excluding hydrogens is 331 g/mol. The number of hydrogen-bond donors (Lipinski definition) is 1. The molecule has 1 aromatic carbocycles. The summed E-state index contributed by atoms with van der Waals surface area (Å²) in [6.45, 7) is 1.10. The molecule has 0 saturated heterocycles. The van der Waals surface area contributed by atoms with Gasteiger partial charge in [-0.1, -0.05) is 34.8 Å². The molecule has 0 atom stereocenters. The first-order valence-electron chi connectivity index (χ1n) is 6.28. The maximum absolute atomic E-state index is 6.31. The Morgan fingerprint density at radius 2 is 1.90 bits per heavy atom. The van der Waals surface area contributed by atoms with E-state index in [1.54, 1.807) is 24.5 Å². The highest BCUT2D eigenvalue weighted by Gasteiger charge is 2.17. The molecule has 108 valence electrons. The highest BCUT2D eigenvalue weighted by molar-refractivity contribution is 6.49. The van der Waals surface area contributed by atoms with E-state index in [0.717, 1.165) is 22.2 Å². The second kappa shape index (κ2) is 5.81. The van der Waals surface area contributed by atoms with Gasteiger partial charge in [0.2, 0.25) is 0 Å². The van der Waals surface area contributed by atoms with Gasteiger partial charge in [-0.15, -0.1) is 0 Å². The molecule has 0 aliphatic carbocycles. The van der Waals surface area contributed by atoms with Crippen molar-refractivity contribution in [3.8, 4) is 11.3 Å². The Morgan fingerprint density at radius 3 is 2.67 bits per heavy atom. The van der Waals surface area contributed by atoms with Crippen LogP contribution in [0.2, 0.25) is 15.1 Å². The van der Waals surface area contributed by atoms with Gasteiger partial charge in [0.1, 0.15) is 5.69 Å². The molecule has 0 aliphatic rings. The predicted octanol–water partition coefficient (Wildman–Crippen LogP) is 4.02. The van der Waals surface area contributed by atoms with Gasteiger partial charge in [0.05, 0.1) is 27.1 Å². The Balaban J connectivity index is 2.28. The maximum atomic E-state index is 6.31. The smallest absolute Gasteiger partial charge is 0.103 e. The van der Waals surface area contributed by atoms with Crippen LogP contribution in [0.15, 0.2) is 30.6 Å². The van der Waals surface area contributed by atoms with Crippen molar-refractivity contribution in [1.82, 2.24) is 14.8 Å². The van der Waals surface area contributed by atoms with Gasteiger partial charge < -0.3 is 5.73 Å². The molecule has 0 saturated carbocycles. The van der Waals surface area contributed by atoms with Crippen molar-refractivity contribution >= 4 is 45.7 Å². The topological polar surface area (TPSA) is 56.7 Å². The first-order valence-corrected chi connectivity index (χ1v) is 7.41. The van der Waals surface area contributed by atoms with Crippen molar-refractivity contribution in [2.75, 3.05) is 6.54 Å². The van der Waals surface area contributed by atoms with E-state index in [4.69, 9.17) is 40.5 Å². The quantitative estimate of drug-likeness (QED) is 0.732. The Hall–Kier alpha value is -1.33. The first kappa shape index (κ1) is 14.6. The number of nitrogens with zero attached hydrogens (tertiary/aromatic N) is 3. The fourth-order valence-electron chi connectivity index (χ4n) is 2.22. The predicted molar refractivity (Wildman–Crippen MR) is 87.0 cm³/mol. The molecule has 0 bridgehead atoms. The van der Waals surface area contributed by atoms with Gasteiger partial charge in [0.25, 0.3) is 0 Å². The second-order valence-electron chi connectivity index (χ2n) is 4.48. The van der Waals surface area contributed by atoms with Crippen LogP contribution >= 0.6 is 34.8 Å². The first-order chi connectivity index (χ1) is 10.1. The molecule has 4 nitrogen and oxygen atoms in total. The van der Waals surface area contributed by atoms with Crippen LogP contribution < -0.4 is 5.73 Å². The Bertz CT molecular complexity index is 813. The standard InChI is InChI=1S/C14H11Cl3N4/c15-10-2-1-8(12(16)13(10)17)14-9-7-19-5-3-11(9)21(20-14)6-4-18/h1-3,5,7H,4,6,18H2. The summed E-state index contributed by atoms with van der Waals surface area (Å²) in [5, 5.41) is 6.60. The van der Waals surface area contributed by atoms with Crippen LogP contribution in [-0.4, -0.2) is 21.3 Å². The lowest BCUT2D eigenvalue weighted by Crippen LogP contribution is -2.10. The number of aromatic nitrogens is 3. The number of halogens is 3. The summed E-state index contributed by atoms with van der Waals surface area (Å²) in [6.07, 6.45) is 3.47. The Kier molecular flexibility index (Phi) is 4.04. The summed E-state index contributed by atoms with van der Waals surface area (Å²) in [5.41, 5.74) is 8.02. The molecule has 2 N–H and O–H groups in total. The normalized spacial score (nSPS) is 11.2. The van der Waals surface area contributed by atoms with Gasteiger partial charge >= 0.3 is 0 Å². The van der Waals surface area contributed by atoms with E-state index >= 15 is 0 Å². The third-order valence-electron chi connectivity index (χ3n) is 3.18. The number of nitrogens with two attached hydrogens (primary N) is 1. The number of benzene rings is 1. The highest BCUT2D eigenvalue weighted by atomic mass is 35.5. The number of rotatable bonds is 3. The molecule has 0 amide bonds. The molecule has 0 aliphatic heterocycles. The SMILES string of the molecule is NCCn1nc(-c2ccc(Cl)c(Cl)c2Cl)c2cnccc21. The largest absolute Gasteiger partial charge is 0.329 e. The van der Waals surface area contributed by atoms with E-state index in [-0.39, 0.29) is 0 Å². The Labute approximate surface area is 136 Å². The summed E-state index contributed by atoms with van der Waals surface area (Å²) in [7, 11) is 0. The molecular formula is C14H11Cl3N4. The average Bonchev–Trinajstić information content (AvgIpc) is 2.85. The van der Waals surface area contributed by atoms with Crippen LogP contribution in [0.4, 0.5) is 0 Å². The van der Waals surface area contributed by atoms with Crippen molar-refractivity contribution in [3.63, 3.8) is 0 Å². The van der Waals surface area contributed by atoms with Crippen molar-refractivity contribution < 1.29 is 0 Å². The van der Waals surface area contributed by atoms with Gasteiger partial charge in [-0.3, -0.25) is 9.67 Å². The van der Waals surface area contributed by atoms with Crippen LogP contribution in [0.25, 0.3) is 22.2 Å². The molecule has 3 aromatic rings. The maximum Gasteiger partial charge on any atom is 0.103 e. The van der Waals surface area contributed by atoms with Crippen LogP contribution in [0.3, 0.4) is 0 Å². The van der Waals surface area contributed by atoms with Crippen LogP contribution in [0, 0.1) is 0 Å².